The van der Waals surface area contributed by atoms with Crippen molar-refractivity contribution in [3.63, 3.8) is 0 Å². The summed E-state index contributed by atoms with van der Waals surface area (Å²) in [4.78, 5) is 21.4. The first kappa shape index (κ1) is 13.6. The summed E-state index contributed by atoms with van der Waals surface area (Å²) in [6.45, 7) is 0. The van der Waals surface area contributed by atoms with E-state index in [1.807, 2.05) is 0 Å². The van der Waals surface area contributed by atoms with Crippen LogP contribution in [0.3, 0.4) is 0 Å². The van der Waals surface area contributed by atoms with E-state index in [0.29, 0.717) is 17.1 Å². The number of carbonyl (C=O) groups is 1. The van der Waals surface area contributed by atoms with Crippen LogP contribution in [-0.2, 0) is 0 Å². The molecule has 0 radical (unpaired) electrons. The van der Waals surface area contributed by atoms with E-state index in [1.165, 1.54) is 36.6 Å². The lowest BCUT2D eigenvalue weighted by molar-refractivity contribution is -0.384. The van der Waals surface area contributed by atoms with Gasteiger partial charge in [0.25, 0.3) is 5.69 Å². The Morgan fingerprint density at radius 1 is 1.23 bits per heavy atom. The predicted octanol–water partition coefficient (Wildman–Crippen LogP) is 1.40. The molecule has 1 aromatic carbocycles. The van der Waals surface area contributed by atoms with E-state index in [2.05, 4.69) is 5.10 Å². The van der Waals surface area contributed by atoms with Gasteiger partial charge in [0.2, 0.25) is 0 Å². The first-order valence-corrected chi connectivity index (χ1v) is 6.16. The third-order valence-electron chi connectivity index (χ3n) is 3.00. The van der Waals surface area contributed by atoms with Gasteiger partial charge in [0, 0.05) is 12.1 Å². The lowest BCUT2D eigenvalue weighted by Crippen LogP contribution is -2.25. The number of carboxylic acids is 1. The Hall–Kier alpha value is -3.42. The van der Waals surface area contributed by atoms with Crippen molar-refractivity contribution in [2.24, 2.45) is 0 Å². The molecule has 8 nitrogen and oxygen atoms in total. The molecule has 0 atom stereocenters. The van der Waals surface area contributed by atoms with Gasteiger partial charge in [-0.2, -0.15) is 5.10 Å². The molecule has 3 aromatic rings. The third-order valence-corrected chi connectivity index (χ3v) is 3.00. The summed E-state index contributed by atoms with van der Waals surface area (Å²) in [5.74, 6) is -1.01. The normalized spacial score (nSPS) is 10.5. The molecule has 2 heterocycles. The Morgan fingerprint density at radius 3 is 2.50 bits per heavy atom. The fraction of sp³-hybridized carbons (Fsp3) is 0. The Balaban J connectivity index is 2.09. The van der Waals surface area contributed by atoms with Gasteiger partial charge < -0.3 is 14.3 Å². The van der Waals surface area contributed by atoms with Crippen LogP contribution in [0.15, 0.2) is 53.1 Å². The zero-order valence-electron chi connectivity index (χ0n) is 11.0. The van der Waals surface area contributed by atoms with Crippen molar-refractivity contribution in [3.8, 4) is 17.1 Å². The van der Waals surface area contributed by atoms with Gasteiger partial charge in [-0.3, -0.25) is 10.1 Å². The highest BCUT2D eigenvalue weighted by Gasteiger charge is 2.14. The maximum atomic E-state index is 11.2. The second-order valence-corrected chi connectivity index (χ2v) is 4.36. The number of rotatable bonds is 4. The van der Waals surface area contributed by atoms with Crippen LogP contribution in [0.4, 0.5) is 5.69 Å². The Morgan fingerprint density at radius 2 is 1.95 bits per heavy atom. The van der Waals surface area contributed by atoms with E-state index in [9.17, 15) is 20.0 Å². The van der Waals surface area contributed by atoms with Crippen molar-refractivity contribution in [2.75, 3.05) is 0 Å². The van der Waals surface area contributed by atoms with E-state index in [1.54, 1.807) is 12.1 Å². The van der Waals surface area contributed by atoms with Crippen molar-refractivity contribution < 1.29 is 19.2 Å². The van der Waals surface area contributed by atoms with Crippen LogP contribution in [-0.4, -0.2) is 20.7 Å². The molecule has 2 aromatic heterocycles. The monoisotopic (exact) mass is 298 g/mol. The fourth-order valence-electron chi connectivity index (χ4n) is 1.98. The molecular formula is C14H8N3O5-. The van der Waals surface area contributed by atoms with Crippen LogP contribution < -0.4 is 5.11 Å². The lowest BCUT2D eigenvalue weighted by atomic mass is 10.2. The molecule has 0 fully saturated rings. The summed E-state index contributed by atoms with van der Waals surface area (Å²) in [5.41, 5.74) is 0.405. The Labute approximate surface area is 123 Å². The maximum absolute atomic E-state index is 11.2. The van der Waals surface area contributed by atoms with Crippen LogP contribution >= 0.6 is 0 Å². The summed E-state index contributed by atoms with van der Waals surface area (Å²) in [7, 11) is 0. The summed E-state index contributed by atoms with van der Waals surface area (Å²) in [5, 5.41) is 26.0. The fourth-order valence-corrected chi connectivity index (χ4v) is 1.98. The van der Waals surface area contributed by atoms with Crippen molar-refractivity contribution in [2.45, 2.75) is 0 Å². The number of aromatic nitrogens is 2. The third kappa shape index (κ3) is 2.33. The average Bonchev–Trinajstić information content (AvgIpc) is 3.16. The molecular weight excluding hydrogens is 290 g/mol. The largest absolute Gasteiger partial charge is 0.543 e. The number of hydrogen-bond donors (Lipinski definition) is 0. The van der Waals surface area contributed by atoms with Gasteiger partial charge in [-0.05, 0) is 30.3 Å². The molecule has 0 aliphatic carbocycles. The number of benzene rings is 1. The summed E-state index contributed by atoms with van der Waals surface area (Å²) < 4.78 is 6.31. The average molecular weight is 298 g/mol. The molecule has 0 aliphatic heterocycles. The molecule has 0 unspecified atom stereocenters. The molecule has 0 N–H and O–H groups in total. The van der Waals surface area contributed by atoms with Crippen molar-refractivity contribution >= 4 is 11.7 Å². The van der Waals surface area contributed by atoms with Gasteiger partial charge in [0.05, 0.1) is 28.5 Å². The number of carboxylic acid groups (broad SMARTS) is 1. The minimum atomic E-state index is -1.41. The molecule has 110 valence electrons. The van der Waals surface area contributed by atoms with Crippen LogP contribution in [0.2, 0.25) is 0 Å². The molecule has 0 saturated carbocycles. The Bertz CT molecular complexity index is 834. The number of nitrogens with zero attached hydrogens (tertiary/aromatic N) is 3. The highest BCUT2D eigenvalue weighted by Crippen LogP contribution is 2.23. The topological polar surface area (TPSA) is 114 Å². The van der Waals surface area contributed by atoms with Crippen LogP contribution in [0, 0.1) is 10.1 Å². The predicted molar refractivity (Wildman–Crippen MR) is 72.3 cm³/mol. The van der Waals surface area contributed by atoms with E-state index in [4.69, 9.17) is 4.42 Å². The summed E-state index contributed by atoms with van der Waals surface area (Å²) in [6, 6.07) is 9.95. The van der Waals surface area contributed by atoms with Crippen molar-refractivity contribution in [1.29, 1.82) is 0 Å². The van der Waals surface area contributed by atoms with E-state index < -0.39 is 10.9 Å². The quantitative estimate of drug-likeness (QED) is 0.531. The highest BCUT2D eigenvalue weighted by atomic mass is 16.6. The van der Waals surface area contributed by atoms with Crippen molar-refractivity contribution in [3.05, 3.63) is 64.5 Å². The number of furan rings is 1. The summed E-state index contributed by atoms with van der Waals surface area (Å²) in [6.07, 6.45) is 1.44. The second-order valence-electron chi connectivity index (χ2n) is 4.36. The first-order valence-electron chi connectivity index (χ1n) is 6.16. The van der Waals surface area contributed by atoms with Gasteiger partial charge in [-0.25, -0.2) is 4.68 Å². The van der Waals surface area contributed by atoms with E-state index in [0.717, 1.165) is 4.68 Å². The minimum Gasteiger partial charge on any atom is -0.543 e. The molecule has 22 heavy (non-hydrogen) atoms. The highest BCUT2D eigenvalue weighted by molar-refractivity contribution is 5.86. The zero-order chi connectivity index (χ0) is 15.7. The minimum absolute atomic E-state index is 0.0998. The van der Waals surface area contributed by atoms with Crippen molar-refractivity contribution in [1.82, 2.24) is 9.78 Å². The first-order chi connectivity index (χ1) is 10.6. The zero-order valence-corrected chi connectivity index (χ0v) is 11.0. The smallest absolute Gasteiger partial charge is 0.269 e. The van der Waals surface area contributed by atoms with Gasteiger partial charge in [0.15, 0.2) is 5.76 Å². The number of aromatic carboxylic acids is 1. The van der Waals surface area contributed by atoms with Gasteiger partial charge in [-0.15, -0.1) is 0 Å². The SMILES string of the molecule is O=C([O-])c1cc(-c2ccco2)nn1-c1ccc([N+](=O)[O-])cc1. The Kier molecular flexibility index (Phi) is 3.18. The number of nitro benzene ring substituents is 1. The second kappa shape index (κ2) is 5.17. The van der Waals surface area contributed by atoms with Gasteiger partial charge in [-0.1, -0.05) is 0 Å². The van der Waals surface area contributed by atoms with Crippen LogP contribution in [0.1, 0.15) is 10.5 Å². The number of nitro groups is 1. The molecule has 0 spiro atoms. The van der Waals surface area contributed by atoms with Crippen LogP contribution in [0.5, 0.6) is 0 Å². The van der Waals surface area contributed by atoms with E-state index >= 15 is 0 Å². The number of carbonyl (C=O) groups excluding carboxylic acids is 1. The number of hydrogen-bond acceptors (Lipinski definition) is 6. The molecule has 0 amide bonds. The molecule has 8 heteroatoms. The standard InChI is InChI=1S/C14H9N3O5/c18-14(19)12-8-11(13-2-1-7-22-13)15-16(12)9-3-5-10(6-4-9)17(20)21/h1-8H,(H,18,19)/p-1. The maximum Gasteiger partial charge on any atom is 0.269 e. The lowest BCUT2D eigenvalue weighted by Gasteiger charge is -2.07. The molecule has 0 saturated heterocycles. The molecule has 0 aliphatic rings. The molecule has 3 rings (SSSR count). The summed E-state index contributed by atoms with van der Waals surface area (Å²) >= 11 is 0. The van der Waals surface area contributed by atoms with Gasteiger partial charge in [0.1, 0.15) is 5.69 Å². The van der Waals surface area contributed by atoms with Crippen LogP contribution in [0.25, 0.3) is 17.1 Å². The number of non-ortho nitro benzene ring substituents is 1. The van der Waals surface area contributed by atoms with Gasteiger partial charge >= 0.3 is 0 Å². The van der Waals surface area contributed by atoms with E-state index in [-0.39, 0.29) is 11.4 Å². The molecule has 0 bridgehead atoms.